The summed E-state index contributed by atoms with van der Waals surface area (Å²) >= 11 is 0. The van der Waals surface area contributed by atoms with Gasteiger partial charge in [-0.25, -0.2) is 4.79 Å². The molecule has 8 nitrogen and oxygen atoms in total. The zero-order valence-electron chi connectivity index (χ0n) is 13.1. The number of Topliss-reactive ketones (excluding diaryl/α,β-unsaturated/α-hetero) is 1. The average molecular weight is 323 g/mol. The Labute approximate surface area is 132 Å². The number of hydrogen-bond acceptors (Lipinski definition) is 7. The normalized spacial score (nSPS) is 14.7. The van der Waals surface area contributed by atoms with Crippen molar-refractivity contribution in [3.05, 3.63) is 27.8 Å². The van der Waals surface area contributed by atoms with Crippen LogP contribution in [0.3, 0.4) is 0 Å². The van der Waals surface area contributed by atoms with Crippen molar-refractivity contribution in [1.82, 2.24) is 0 Å². The SMILES string of the molecule is COC(=O)c1cc(OC)c(OCC2(C(C)=O)CC2)cc1[N+](=O)[O-]. The van der Waals surface area contributed by atoms with Crippen molar-refractivity contribution in [2.45, 2.75) is 19.8 Å². The monoisotopic (exact) mass is 323 g/mol. The number of methoxy groups -OCH3 is 2. The standard InChI is InChI=1S/C15H17NO7/c1-9(17)15(4-5-15)8-23-13-7-11(16(19)20)10(14(18)22-3)6-12(13)21-2/h6-7H,4-5,8H2,1-3H3. The maximum absolute atomic E-state index is 11.7. The number of hydrogen-bond donors (Lipinski definition) is 0. The molecule has 1 saturated carbocycles. The second-order valence-electron chi connectivity index (χ2n) is 5.39. The third kappa shape index (κ3) is 3.25. The highest BCUT2D eigenvalue weighted by Crippen LogP contribution is 2.47. The summed E-state index contributed by atoms with van der Waals surface area (Å²) in [6, 6.07) is 2.31. The number of benzene rings is 1. The molecule has 0 radical (unpaired) electrons. The van der Waals surface area contributed by atoms with E-state index in [2.05, 4.69) is 4.74 Å². The predicted molar refractivity (Wildman–Crippen MR) is 78.8 cm³/mol. The van der Waals surface area contributed by atoms with Crippen molar-refractivity contribution in [3.63, 3.8) is 0 Å². The molecule has 1 aromatic rings. The highest BCUT2D eigenvalue weighted by molar-refractivity contribution is 5.95. The van der Waals surface area contributed by atoms with Crippen LogP contribution in [0.25, 0.3) is 0 Å². The molecule has 0 amide bonds. The van der Waals surface area contributed by atoms with E-state index in [4.69, 9.17) is 9.47 Å². The zero-order chi connectivity index (χ0) is 17.2. The number of esters is 1. The maximum Gasteiger partial charge on any atom is 0.345 e. The van der Waals surface area contributed by atoms with E-state index in [1.54, 1.807) is 0 Å². The van der Waals surface area contributed by atoms with E-state index < -0.39 is 22.0 Å². The lowest BCUT2D eigenvalue weighted by molar-refractivity contribution is -0.385. The Balaban J connectivity index is 2.35. The number of carbonyl (C=O) groups is 2. The van der Waals surface area contributed by atoms with Gasteiger partial charge in [-0.3, -0.25) is 14.9 Å². The second-order valence-corrected chi connectivity index (χ2v) is 5.39. The fourth-order valence-electron chi connectivity index (χ4n) is 2.21. The van der Waals surface area contributed by atoms with Gasteiger partial charge in [0, 0.05) is 6.07 Å². The summed E-state index contributed by atoms with van der Waals surface area (Å²) < 4.78 is 15.2. The molecule has 1 aromatic carbocycles. The summed E-state index contributed by atoms with van der Waals surface area (Å²) in [5.41, 5.74) is -1.18. The van der Waals surface area contributed by atoms with Crippen molar-refractivity contribution in [1.29, 1.82) is 0 Å². The van der Waals surface area contributed by atoms with Gasteiger partial charge in [0.2, 0.25) is 0 Å². The third-order valence-electron chi connectivity index (χ3n) is 3.99. The molecule has 8 heteroatoms. The van der Waals surface area contributed by atoms with Gasteiger partial charge in [0.25, 0.3) is 5.69 Å². The molecule has 2 rings (SSSR count). The van der Waals surface area contributed by atoms with Gasteiger partial charge in [0.05, 0.1) is 30.6 Å². The molecule has 124 valence electrons. The number of nitro benzene ring substituents is 1. The van der Waals surface area contributed by atoms with Crippen molar-refractivity contribution in [2.24, 2.45) is 5.41 Å². The molecule has 0 atom stereocenters. The summed E-state index contributed by atoms with van der Waals surface area (Å²) in [5, 5.41) is 11.2. The number of nitro groups is 1. The highest BCUT2D eigenvalue weighted by Gasteiger charge is 2.48. The van der Waals surface area contributed by atoms with E-state index in [0.29, 0.717) is 0 Å². The molecule has 0 aliphatic heterocycles. The van der Waals surface area contributed by atoms with Crippen molar-refractivity contribution in [2.75, 3.05) is 20.8 Å². The van der Waals surface area contributed by atoms with Gasteiger partial charge in [-0.1, -0.05) is 0 Å². The lowest BCUT2D eigenvalue weighted by Gasteiger charge is -2.16. The van der Waals surface area contributed by atoms with Crippen LogP contribution in [-0.4, -0.2) is 37.5 Å². The van der Waals surface area contributed by atoms with Crippen LogP contribution in [0.1, 0.15) is 30.1 Å². The number of rotatable bonds is 7. The first-order valence-corrected chi connectivity index (χ1v) is 6.93. The van der Waals surface area contributed by atoms with E-state index >= 15 is 0 Å². The summed E-state index contributed by atoms with van der Waals surface area (Å²) in [5.74, 6) is -0.546. The Hall–Kier alpha value is -2.64. The first kappa shape index (κ1) is 16.7. The number of carbonyl (C=O) groups excluding carboxylic acids is 2. The fourth-order valence-corrected chi connectivity index (χ4v) is 2.21. The van der Waals surface area contributed by atoms with Crippen LogP contribution in [0.5, 0.6) is 11.5 Å². The number of nitrogens with zero attached hydrogens (tertiary/aromatic N) is 1. The Morgan fingerprint density at radius 3 is 2.35 bits per heavy atom. The minimum atomic E-state index is -0.844. The lowest BCUT2D eigenvalue weighted by atomic mass is 10.0. The maximum atomic E-state index is 11.7. The first-order valence-electron chi connectivity index (χ1n) is 6.93. The highest BCUT2D eigenvalue weighted by atomic mass is 16.6. The summed E-state index contributed by atoms with van der Waals surface area (Å²) in [4.78, 5) is 33.7. The number of ketones is 1. The Morgan fingerprint density at radius 2 is 1.91 bits per heavy atom. The van der Waals surface area contributed by atoms with Crippen LogP contribution in [0.4, 0.5) is 5.69 Å². The molecule has 0 aromatic heterocycles. The summed E-state index contributed by atoms with van der Waals surface area (Å²) in [6.07, 6.45) is 1.46. The molecule has 1 fully saturated rings. The van der Waals surface area contributed by atoms with Gasteiger partial charge < -0.3 is 14.2 Å². The van der Waals surface area contributed by atoms with Crippen LogP contribution < -0.4 is 9.47 Å². The van der Waals surface area contributed by atoms with E-state index in [1.807, 2.05) is 0 Å². The summed E-state index contributed by atoms with van der Waals surface area (Å²) in [7, 11) is 2.49. The minimum Gasteiger partial charge on any atom is -0.493 e. The van der Waals surface area contributed by atoms with Gasteiger partial charge >= 0.3 is 5.97 Å². The molecular weight excluding hydrogens is 306 g/mol. The van der Waals surface area contributed by atoms with Crippen molar-refractivity contribution in [3.8, 4) is 11.5 Å². The van der Waals surface area contributed by atoms with E-state index in [0.717, 1.165) is 26.0 Å². The van der Waals surface area contributed by atoms with Crippen LogP contribution >= 0.6 is 0 Å². The molecule has 0 spiro atoms. The first-order chi connectivity index (χ1) is 10.8. The topological polar surface area (TPSA) is 105 Å². The Kier molecular flexibility index (Phi) is 4.53. The van der Waals surface area contributed by atoms with Crippen LogP contribution in [0, 0.1) is 15.5 Å². The van der Waals surface area contributed by atoms with Gasteiger partial charge in [0.15, 0.2) is 11.5 Å². The molecule has 0 N–H and O–H groups in total. The fraction of sp³-hybridized carbons (Fsp3) is 0.467. The van der Waals surface area contributed by atoms with Crippen molar-refractivity contribution >= 4 is 17.4 Å². The average Bonchev–Trinajstić information content (AvgIpc) is 3.32. The third-order valence-corrected chi connectivity index (χ3v) is 3.99. The molecule has 1 aliphatic rings. The molecule has 0 saturated heterocycles. The van der Waals surface area contributed by atoms with Crippen LogP contribution in [0.2, 0.25) is 0 Å². The Bertz CT molecular complexity index is 664. The van der Waals surface area contributed by atoms with Crippen molar-refractivity contribution < 1.29 is 28.7 Å². The second kappa shape index (κ2) is 6.23. The largest absolute Gasteiger partial charge is 0.493 e. The molecule has 0 unspecified atom stereocenters. The molecule has 1 aliphatic carbocycles. The van der Waals surface area contributed by atoms with Gasteiger partial charge in [-0.15, -0.1) is 0 Å². The predicted octanol–water partition coefficient (Wildman–Crippen LogP) is 2.14. The molecule has 0 heterocycles. The van der Waals surface area contributed by atoms with Crippen LogP contribution in [-0.2, 0) is 9.53 Å². The van der Waals surface area contributed by atoms with Crippen LogP contribution in [0.15, 0.2) is 12.1 Å². The van der Waals surface area contributed by atoms with E-state index in [9.17, 15) is 19.7 Å². The van der Waals surface area contributed by atoms with Gasteiger partial charge in [-0.2, -0.15) is 0 Å². The van der Waals surface area contributed by atoms with Gasteiger partial charge in [-0.05, 0) is 19.8 Å². The summed E-state index contributed by atoms with van der Waals surface area (Å²) in [6.45, 7) is 1.61. The zero-order valence-corrected chi connectivity index (χ0v) is 13.1. The lowest BCUT2D eigenvalue weighted by Crippen LogP contribution is -2.21. The molecular formula is C15H17NO7. The number of ether oxygens (including phenoxy) is 3. The molecule has 0 bridgehead atoms. The van der Waals surface area contributed by atoms with E-state index in [1.165, 1.54) is 20.1 Å². The quantitative estimate of drug-likeness (QED) is 0.430. The Morgan fingerprint density at radius 1 is 1.26 bits per heavy atom. The smallest absolute Gasteiger partial charge is 0.345 e. The minimum absolute atomic E-state index is 0.0251. The van der Waals surface area contributed by atoms with Gasteiger partial charge in [0.1, 0.15) is 18.0 Å². The molecule has 23 heavy (non-hydrogen) atoms. The van der Waals surface area contributed by atoms with E-state index in [-0.39, 0.29) is 29.5 Å².